The molecule has 1 aliphatic rings. The molecule has 0 aliphatic carbocycles. The van der Waals surface area contributed by atoms with Gasteiger partial charge in [-0.3, -0.25) is 9.69 Å². The van der Waals surface area contributed by atoms with Crippen molar-refractivity contribution in [2.75, 3.05) is 26.7 Å². The van der Waals surface area contributed by atoms with Gasteiger partial charge in [0.15, 0.2) is 17.3 Å². The van der Waals surface area contributed by atoms with Crippen LogP contribution in [0.4, 0.5) is 4.39 Å². The molecule has 21 heavy (non-hydrogen) atoms. The molecule has 0 N–H and O–H groups in total. The van der Waals surface area contributed by atoms with Crippen LogP contribution in [-0.2, 0) is 0 Å². The monoisotopic (exact) mass is 293 g/mol. The number of carbonyl (C=O) groups excluding carboxylic acids is 1. The topological polar surface area (TPSA) is 29.5 Å². The van der Waals surface area contributed by atoms with Gasteiger partial charge < -0.3 is 4.74 Å². The maximum atomic E-state index is 13.7. The molecule has 0 saturated carbocycles. The fourth-order valence-electron chi connectivity index (χ4n) is 2.82. The molecule has 1 fully saturated rings. The van der Waals surface area contributed by atoms with E-state index in [2.05, 4.69) is 25.7 Å². The predicted octanol–water partition coefficient (Wildman–Crippen LogP) is 3.39. The van der Waals surface area contributed by atoms with E-state index in [9.17, 15) is 9.18 Å². The summed E-state index contributed by atoms with van der Waals surface area (Å²) in [5, 5.41) is 0. The first kappa shape index (κ1) is 16.0. The molecule has 3 nitrogen and oxygen atoms in total. The number of nitrogens with zero attached hydrogens (tertiary/aromatic N) is 1. The van der Waals surface area contributed by atoms with E-state index in [4.69, 9.17) is 4.74 Å². The van der Waals surface area contributed by atoms with E-state index in [1.165, 1.54) is 19.2 Å². The third kappa shape index (κ3) is 3.82. The van der Waals surface area contributed by atoms with Crippen molar-refractivity contribution >= 4 is 5.78 Å². The molecule has 1 unspecified atom stereocenters. The normalized spacial score (nSPS) is 19.8. The summed E-state index contributed by atoms with van der Waals surface area (Å²) in [6.07, 6.45) is 1.12. The lowest BCUT2D eigenvalue weighted by Gasteiger charge is -2.27. The number of rotatable bonds is 4. The molecule has 0 radical (unpaired) electrons. The fraction of sp³-hybridized carbons (Fsp3) is 0.588. The molecule has 0 amide bonds. The van der Waals surface area contributed by atoms with Crippen LogP contribution >= 0.6 is 0 Å². The summed E-state index contributed by atoms with van der Waals surface area (Å²) >= 11 is 0. The van der Waals surface area contributed by atoms with E-state index in [0.717, 1.165) is 19.5 Å². The van der Waals surface area contributed by atoms with Crippen molar-refractivity contribution in [2.45, 2.75) is 27.2 Å². The zero-order valence-electron chi connectivity index (χ0n) is 13.3. The Balaban J connectivity index is 1.98. The van der Waals surface area contributed by atoms with Crippen LogP contribution in [0.5, 0.6) is 5.75 Å². The molecule has 2 rings (SSSR count). The molecule has 4 heteroatoms. The van der Waals surface area contributed by atoms with E-state index >= 15 is 0 Å². The van der Waals surface area contributed by atoms with Crippen LogP contribution in [0.2, 0.25) is 0 Å². The summed E-state index contributed by atoms with van der Waals surface area (Å²) in [7, 11) is 1.41. The molecule has 0 spiro atoms. The molecule has 1 heterocycles. The smallest absolute Gasteiger partial charge is 0.176 e. The van der Waals surface area contributed by atoms with Crippen molar-refractivity contribution in [3.8, 4) is 5.75 Å². The lowest BCUT2D eigenvalue weighted by atomic mass is 9.80. The molecule has 116 valence electrons. The van der Waals surface area contributed by atoms with Crippen molar-refractivity contribution in [2.24, 2.45) is 11.3 Å². The number of hydrogen-bond donors (Lipinski definition) is 0. The minimum Gasteiger partial charge on any atom is -0.494 e. The Hall–Kier alpha value is -1.42. The Morgan fingerprint density at radius 3 is 2.67 bits per heavy atom. The van der Waals surface area contributed by atoms with E-state index < -0.39 is 5.82 Å². The second kappa shape index (κ2) is 6.14. The Kier molecular flexibility index (Phi) is 4.67. The van der Waals surface area contributed by atoms with Crippen LogP contribution in [0.3, 0.4) is 0 Å². The van der Waals surface area contributed by atoms with E-state index in [1.54, 1.807) is 6.07 Å². The molecular formula is C17H24FNO2. The Bertz CT molecular complexity index is 522. The number of methoxy groups -OCH3 is 1. The van der Waals surface area contributed by atoms with Gasteiger partial charge >= 0.3 is 0 Å². The first-order chi connectivity index (χ1) is 9.81. The molecule has 1 atom stereocenters. The third-order valence-corrected chi connectivity index (χ3v) is 4.34. The SMILES string of the molecule is COc1ccc(C(=O)CN2CCC(C(C)(C)C)C2)cc1F. The van der Waals surface area contributed by atoms with Gasteiger partial charge in [0.1, 0.15) is 0 Å². The minimum atomic E-state index is -0.489. The predicted molar refractivity (Wildman–Crippen MR) is 81.3 cm³/mol. The van der Waals surface area contributed by atoms with Crippen molar-refractivity contribution < 1.29 is 13.9 Å². The van der Waals surface area contributed by atoms with Gasteiger partial charge in [-0.15, -0.1) is 0 Å². The summed E-state index contributed by atoms with van der Waals surface area (Å²) in [5.74, 6) is 0.252. The van der Waals surface area contributed by atoms with E-state index in [0.29, 0.717) is 18.0 Å². The highest BCUT2D eigenvalue weighted by Gasteiger charge is 2.32. The van der Waals surface area contributed by atoms with E-state index in [-0.39, 0.29) is 16.9 Å². The number of carbonyl (C=O) groups is 1. The van der Waals surface area contributed by atoms with Gasteiger partial charge in [0.25, 0.3) is 0 Å². The maximum absolute atomic E-state index is 13.7. The van der Waals surface area contributed by atoms with Crippen LogP contribution in [0, 0.1) is 17.2 Å². The summed E-state index contributed by atoms with van der Waals surface area (Å²) in [4.78, 5) is 14.4. The zero-order chi connectivity index (χ0) is 15.6. The first-order valence-electron chi connectivity index (χ1n) is 7.40. The van der Waals surface area contributed by atoms with Crippen LogP contribution in [0.15, 0.2) is 18.2 Å². The molecule has 1 aromatic rings. The number of ketones is 1. The van der Waals surface area contributed by atoms with Crippen LogP contribution in [0.1, 0.15) is 37.6 Å². The zero-order valence-corrected chi connectivity index (χ0v) is 13.3. The van der Waals surface area contributed by atoms with E-state index in [1.807, 2.05) is 0 Å². The maximum Gasteiger partial charge on any atom is 0.176 e. The van der Waals surface area contributed by atoms with Gasteiger partial charge in [-0.1, -0.05) is 20.8 Å². The average molecular weight is 293 g/mol. The van der Waals surface area contributed by atoms with Gasteiger partial charge in [0, 0.05) is 12.1 Å². The highest BCUT2D eigenvalue weighted by Crippen LogP contribution is 2.33. The van der Waals surface area contributed by atoms with Crippen molar-refractivity contribution in [1.29, 1.82) is 0 Å². The van der Waals surface area contributed by atoms with Crippen LogP contribution < -0.4 is 4.74 Å². The molecule has 0 aromatic heterocycles. The highest BCUT2D eigenvalue weighted by molar-refractivity contribution is 5.97. The van der Waals surface area contributed by atoms with Crippen molar-refractivity contribution in [3.63, 3.8) is 0 Å². The quantitative estimate of drug-likeness (QED) is 0.797. The number of likely N-dealkylation sites (tertiary alicyclic amines) is 1. The van der Waals surface area contributed by atoms with Crippen LogP contribution in [-0.4, -0.2) is 37.4 Å². The minimum absolute atomic E-state index is 0.0360. The first-order valence-corrected chi connectivity index (χ1v) is 7.40. The van der Waals surface area contributed by atoms with Crippen LogP contribution in [0.25, 0.3) is 0 Å². The lowest BCUT2D eigenvalue weighted by molar-refractivity contribution is 0.0937. The lowest BCUT2D eigenvalue weighted by Crippen LogP contribution is -2.30. The largest absolute Gasteiger partial charge is 0.494 e. The second-order valence-electron chi connectivity index (χ2n) is 6.86. The summed E-state index contributed by atoms with van der Waals surface area (Å²) in [6.45, 7) is 8.95. The highest BCUT2D eigenvalue weighted by atomic mass is 19.1. The Labute approximate surface area is 126 Å². The molecule has 1 saturated heterocycles. The summed E-state index contributed by atoms with van der Waals surface area (Å²) in [6, 6.07) is 4.39. The fourth-order valence-corrected chi connectivity index (χ4v) is 2.82. The standard InChI is InChI=1S/C17H24FNO2/c1-17(2,3)13-7-8-19(10-13)11-15(20)12-5-6-16(21-4)14(18)9-12/h5-6,9,13H,7-8,10-11H2,1-4H3. The summed E-state index contributed by atoms with van der Waals surface area (Å²) in [5.41, 5.74) is 0.678. The number of ether oxygens (including phenoxy) is 1. The number of halogens is 1. The van der Waals surface area contributed by atoms with Gasteiger partial charge in [-0.25, -0.2) is 4.39 Å². The molecule has 0 bridgehead atoms. The van der Waals surface area contributed by atoms with Gasteiger partial charge in [-0.05, 0) is 42.5 Å². The van der Waals surface area contributed by atoms with Gasteiger partial charge in [-0.2, -0.15) is 0 Å². The summed E-state index contributed by atoms with van der Waals surface area (Å²) < 4.78 is 18.5. The average Bonchev–Trinajstić information content (AvgIpc) is 2.87. The molecular weight excluding hydrogens is 269 g/mol. The molecule has 1 aliphatic heterocycles. The van der Waals surface area contributed by atoms with Gasteiger partial charge in [0.05, 0.1) is 13.7 Å². The third-order valence-electron chi connectivity index (χ3n) is 4.34. The Morgan fingerprint density at radius 2 is 2.14 bits per heavy atom. The number of Topliss-reactive ketones (excluding diaryl/α,β-unsaturated/α-hetero) is 1. The Morgan fingerprint density at radius 1 is 1.43 bits per heavy atom. The van der Waals surface area contributed by atoms with Crippen molar-refractivity contribution in [1.82, 2.24) is 4.90 Å². The van der Waals surface area contributed by atoms with Gasteiger partial charge in [0.2, 0.25) is 0 Å². The molecule has 1 aromatic carbocycles. The number of benzene rings is 1. The second-order valence-corrected chi connectivity index (χ2v) is 6.86. The van der Waals surface area contributed by atoms with Crippen molar-refractivity contribution in [3.05, 3.63) is 29.6 Å². The number of hydrogen-bond acceptors (Lipinski definition) is 3.